The minimum absolute atomic E-state index is 0.633. The second-order valence-corrected chi connectivity index (χ2v) is 5.87. The van der Waals surface area contributed by atoms with Crippen LogP contribution in [0.2, 0.25) is 0 Å². The van der Waals surface area contributed by atoms with E-state index in [1.54, 1.807) is 0 Å². The highest BCUT2D eigenvalue weighted by Gasteiger charge is 2.16. The van der Waals surface area contributed by atoms with Crippen LogP contribution in [0.15, 0.2) is 17.5 Å². The zero-order chi connectivity index (χ0) is 12.7. The van der Waals surface area contributed by atoms with Crippen molar-refractivity contribution in [3.63, 3.8) is 0 Å². The average Bonchev–Trinajstić information content (AvgIpc) is 2.85. The molecule has 0 amide bonds. The minimum atomic E-state index is 0.633. The van der Waals surface area contributed by atoms with Crippen molar-refractivity contribution in [2.24, 2.45) is 5.92 Å². The number of likely N-dealkylation sites (N-methyl/N-ethyl adjacent to an activating group) is 1. The predicted octanol–water partition coefficient (Wildman–Crippen LogP) is 2.86. The maximum atomic E-state index is 3.43. The lowest BCUT2D eigenvalue weighted by atomic mass is 10.0. The van der Waals surface area contributed by atoms with Crippen LogP contribution in [0.5, 0.6) is 0 Å². The Balaban J connectivity index is 2.28. The van der Waals surface area contributed by atoms with Crippen molar-refractivity contribution >= 4 is 11.3 Å². The van der Waals surface area contributed by atoms with E-state index in [9.17, 15) is 0 Å². The Morgan fingerprint density at radius 1 is 1.41 bits per heavy atom. The Morgan fingerprint density at radius 2 is 2.18 bits per heavy atom. The molecule has 0 spiro atoms. The second-order valence-electron chi connectivity index (χ2n) is 4.84. The molecule has 0 aliphatic heterocycles. The number of thiophene rings is 1. The molecule has 17 heavy (non-hydrogen) atoms. The molecule has 2 atom stereocenters. The number of hydrogen-bond acceptors (Lipinski definition) is 3. The first kappa shape index (κ1) is 14.7. The van der Waals surface area contributed by atoms with Crippen LogP contribution in [0, 0.1) is 5.92 Å². The molecule has 0 fully saturated rings. The third-order valence-electron chi connectivity index (χ3n) is 3.53. The fourth-order valence-electron chi connectivity index (χ4n) is 1.92. The molecule has 2 unspecified atom stereocenters. The Bertz CT molecular complexity index is 284. The van der Waals surface area contributed by atoms with E-state index < -0.39 is 0 Å². The molecule has 0 aromatic carbocycles. The molecule has 1 aromatic heterocycles. The van der Waals surface area contributed by atoms with Crippen molar-refractivity contribution in [2.45, 2.75) is 33.2 Å². The third kappa shape index (κ3) is 5.19. The van der Waals surface area contributed by atoms with Crippen molar-refractivity contribution in [2.75, 3.05) is 26.7 Å². The van der Waals surface area contributed by atoms with Crippen molar-refractivity contribution in [3.05, 3.63) is 22.4 Å². The molecular weight excluding hydrogens is 228 g/mol. The third-order valence-corrected chi connectivity index (χ3v) is 4.46. The van der Waals surface area contributed by atoms with Crippen LogP contribution in [0.4, 0.5) is 0 Å². The minimum Gasteiger partial charge on any atom is -0.317 e. The molecule has 1 aromatic rings. The molecule has 1 heterocycles. The molecular formula is C14H26N2S. The van der Waals surface area contributed by atoms with Crippen molar-refractivity contribution in [1.82, 2.24) is 10.2 Å². The van der Waals surface area contributed by atoms with Gasteiger partial charge in [0.15, 0.2) is 0 Å². The fourth-order valence-corrected chi connectivity index (χ4v) is 2.62. The number of nitrogens with one attached hydrogen (secondary N) is 1. The lowest BCUT2D eigenvalue weighted by molar-refractivity contribution is 0.199. The topological polar surface area (TPSA) is 15.3 Å². The summed E-state index contributed by atoms with van der Waals surface area (Å²) >= 11 is 1.86. The monoisotopic (exact) mass is 254 g/mol. The van der Waals surface area contributed by atoms with Crippen molar-refractivity contribution < 1.29 is 0 Å². The molecule has 0 bridgehead atoms. The highest BCUT2D eigenvalue weighted by molar-refractivity contribution is 7.09. The number of nitrogens with zero attached hydrogens (tertiary/aromatic N) is 1. The molecule has 0 aliphatic rings. The summed E-state index contributed by atoms with van der Waals surface area (Å²) in [5, 5.41) is 5.59. The van der Waals surface area contributed by atoms with Crippen LogP contribution >= 0.6 is 11.3 Å². The van der Waals surface area contributed by atoms with E-state index >= 15 is 0 Å². The summed E-state index contributed by atoms with van der Waals surface area (Å²) in [6, 6.07) is 5.00. The first-order valence-electron chi connectivity index (χ1n) is 6.58. The zero-order valence-electron chi connectivity index (χ0n) is 11.6. The molecule has 0 aliphatic carbocycles. The number of rotatable bonds is 8. The van der Waals surface area contributed by atoms with Crippen LogP contribution in [0.1, 0.15) is 25.6 Å². The zero-order valence-corrected chi connectivity index (χ0v) is 12.4. The van der Waals surface area contributed by atoms with E-state index in [1.165, 1.54) is 11.3 Å². The maximum absolute atomic E-state index is 3.43. The van der Waals surface area contributed by atoms with Crippen LogP contribution in [-0.4, -0.2) is 37.6 Å². The smallest absolute Gasteiger partial charge is 0.0102 e. The Morgan fingerprint density at radius 3 is 2.76 bits per heavy atom. The van der Waals surface area contributed by atoms with Gasteiger partial charge in [0, 0.05) is 17.5 Å². The standard InChI is InChI=1S/C14H26N2S/c1-5-15-11-12(2)13(3)16(4)9-8-14-7-6-10-17-14/h6-7,10,12-13,15H,5,8-9,11H2,1-4H3. The van der Waals surface area contributed by atoms with Gasteiger partial charge in [0.05, 0.1) is 0 Å². The van der Waals surface area contributed by atoms with Gasteiger partial charge >= 0.3 is 0 Å². The van der Waals surface area contributed by atoms with E-state index in [-0.39, 0.29) is 0 Å². The fraction of sp³-hybridized carbons (Fsp3) is 0.714. The average molecular weight is 254 g/mol. The molecule has 1 rings (SSSR count). The summed E-state index contributed by atoms with van der Waals surface area (Å²) in [7, 11) is 2.24. The van der Waals surface area contributed by atoms with E-state index in [0.717, 1.165) is 19.6 Å². The summed E-state index contributed by atoms with van der Waals surface area (Å²) in [6.07, 6.45) is 1.17. The van der Waals surface area contributed by atoms with Crippen LogP contribution in [0.25, 0.3) is 0 Å². The lowest BCUT2D eigenvalue weighted by Gasteiger charge is -2.29. The van der Waals surface area contributed by atoms with E-state index in [1.807, 2.05) is 11.3 Å². The molecule has 3 heteroatoms. The van der Waals surface area contributed by atoms with Crippen molar-refractivity contribution in [3.8, 4) is 0 Å². The van der Waals surface area contributed by atoms with Gasteiger partial charge in [0.2, 0.25) is 0 Å². The van der Waals surface area contributed by atoms with Gasteiger partial charge in [-0.1, -0.05) is 19.9 Å². The first-order chi connectivity index (χ1) is 8.15. The molecule has 0 radical (unpaired) electrons. The summed E-state index contributed by atoms with van der Waals surface area (Å²) < 4.78 is 0. The number of hydrogen-bond donors (Lipinski definition) is 1. The first-order valence-corrected chi connectivity index (χ1v) is 7.46. The Labute approximate surface area is 110 Å². The van der Waals surface area contributed by atoms with E-state index in [0.29, 0.717) is 12.0 Å². The Hall–Kier alpha value is -0.380. The molecule has 1 N–H and O–H groups in total. The van der Waals surface area contributed by atoms with Gasteiger partial charge in [0.1, 0.15) is 0 Å². The molecule has 2 nitrogen and oxygen atoms in total. The molecule has 0 saturated carbocycles. The Kier molecular flexibility index (Phi) is 6.78. The second kappa shape index (κ2) is 7.85. The van der Waals surface area contributed by atoms with Gasteiger partial charge in [-0.25, -0.2) is 0 Å². The lowest BCUT2D eigenvalue weighted by Crippen LogP contribution is -2.39. The van der Waals surface area contributed by atoms with Gasteiger partial charge in [-0.15, -0.1) is 11.3 Å². The SMILES string of the molecule is CCNCC(C)C(C)N(C)CCc1cccs1. The highest BCUT2D eigenvalue weighted by Crippen LogP contribution is 2.12. The summed E-state index contributed by atoms with van der Waals surface area (Å²) in [4.78, 5) is 3.96. The van der Waals surface area contributed by atoms with Gasteiger partial charge in [0.25, 0.3) is 0 Å². The van der Waals surface area contributed by atoms with Gasteiger partial charge in [-0.2, -0.15) is 0 Å². The van der Waals surface area contributed by atoms with Crippen LogP contribution in [0.3, 0.4) is 0 Å². The quantitative estimate of drug-likeness (QED) is 0.767. The maximum Gasteiger partial charge on any atom is 0.0102 e. The molecule has 0 saturated heterocycles. The van der Waals surface area contributed by atoms with Gasteiger partial charge in [-0.3, -0.25) is 0 Å². The van der Waals surface area contributed by atoms with Gasteiger partial charge in [-0.05, 0) is 50.8 Å². The normalized spacial score (nSPS) is 15.1. The summed E-state index contributed by atoms with van der Waals surface area (Å²) in [6.45, 7) is 10.2. The van der Waals surface area contributed by atoms with Crippen molar-refractivity contribution in [1.29, 1.82) is 0 Å². The van der Waals surface area contributed by atoms with Gasteiger partial charge < -0.3 is 10.2 Å². The van der Waals surface area contributed by atoms with Crippen LogP contribution in [-0.2, 0) is 6.42 Å². The van der Waals surface area contributed by atoms with E-state index in [4.69, 9.17) is 0 Å². The largest absolute Gasteiger partial charge is 0.317 e. The summed E-state index contributed by atoms with van der Waals surface area (Å²) in [5.41, 5.74) is 0. The predicted molar refractivity (Wildman–Crippen MR) is 77.8 cm³/mol. The summed E-state index contributed by atoms with van der Waals surface area (Å²) in [5.74, 6) is 0.697. The molecule has 98 valence electrons. The van der Waals surface area contributed by atoms with E-state index in [2.05, 4.69) is 55.5 Å². The van der Waals surface area contributed by atoms with Crippen LogP contribution < -0.4 is 5.32 Å². The highest BCUT2D eigenvalue weighted by atomic mass is 32.1.